The van der Waals surface area contributed by atoms with E-state index in [0.29, 0.717) is 18.2 Å². The van der Waals surface area contributed by atoms with Gasteiger partial charge in [-0.2, -0.15) is 0 Å². The first-order valence-electron chi connectivity index (χ1n) is 15.2. The highest BCUT2D eigenvalue weighted by Gasteiger charge is 2.69. The second-order valence-electron chi connectivity index (χ2n) is 13.1. The fourth-order valence-corrected chi connectivity index (χ4v) is 7.92. The van der Waals surface area contributed by atoms with E-state index in [-0.39, 0.29) is 24.2 Å². The van der Waals surface area contributed by atoms with Crippen molar-refractivity contribution < 1.29 is 34.2 Å². The number of ketones is 4. The number of primary amides is 1. The number of phenols is 1. The van der Waals surface area contributed by atoms with Gasteiger partial charge in [0, 0.05) is 18.5 Å². The van der Waals surface area contributed by atoms with Crippen LogP contribution in [-0.2, 0) is 32.1 Å². The number of carbonyl (C=O) groups excluding carboxylic acids is 5. The summed E-state index contributed by atoms with van der Waals surface area (Å²) in [7, 11) is 3.13. The molecule has 0 aromatic heterocycles. The lowest BCUT2D eigenvalue weighted by atomic mass is 9.52. The minimum atomic E-state index is -2.75. The van der Waals surface area contributed by atoms with Crippen molar-refractivity contribution >= 4 is 39.8 Å². The minimum Gasteiger partial charge on any atom is -0.507 e. The Labute approximate surface area is 260 Å². The Balaban J connectivity index is 1.49. The van der Waals surface area contributed by atoms with E-state index >= 15 is 0 Å². The number of fused-ring (bicyclic) bond motifs is 4. The zero-order valence-corrected chi connectivity index (χ0v) is 25.7. The molecule has 6 unspecified atom stereocenters. The number of hydrogen-bond acceptors (Lipinski definition) is 9. The molecule has 2 saturated carbocycles. The Hall–Kier alpha value is -4.25. The van der Waals surface area contributed by atoms with Crippen molar-refractivity contribution in [2.24, 2.45) is 29.4 Å². The maximum Gasteiger partial charge on any atom is 0.235 e. The van der Waals surface area contributed by atoms with Crippen molar-refractivity contribution in [2.45, 2.75) is 50.9 Å². The van der Waals surface area contributed by atoms with E-state index in [0.717, 1.165) is 27.5 Å². The molecule has 1 amide bonds. The van der Waals surface area contributed by atoms with Gasteiger partial charge in [0.2, 0.25) is 5.91 Å². The highest BCUT2D eigenvalue weighted by atomic mass is 16.3. The molecule has 2 fully saturated rings. The van der Waals surface area contributed by atoms with E-state index in [2.05, 4.69) is 19.2 Å². The molecule has 45 heavy (non-hydrogen) atoms. The molecular formula is C35H37N3O7. The van der Waals surface area contributed by atoms with E-state index in [4.69, 9.17) is 5.73 Å². The summed E-state index contributed by atoms with van der Waals surface area (Å²) in [6, 6.07) is 14.4. The SMILES string of the molecule is CC(C)NCc1ccc(-c2ccc(O)c3c2CC2CC4C(N(C)C)C(=O)C(C(N)=O)C(=O)C4(O)C(=O)C2C3=O)c2ccccc12. The lowest BCUT2D eigenvalue weighted by Crippen LogP contribution is -2.74. The molecule has 234 valence electrons. The van der Waals surface area contributed by atoms with Crippen LogP contribution >= 0.6 is 0 Å². The van der Waals surface area contributed by atoms with Crippen LogP contribution in [0.15, 0.2) is 48.5 Å². The van der Waals surface area contributed by atoms with Gasteiger partial charge in [0.25, 0.3) is 0 Å². The van der Waals surface area contributed by atoms with E-state index in [1.54, 1.807) is 20.2 Å². The second-order valence-corrected chi connectivity index (χ2v) is 13.1. The van der Waals surface area contributed by atoms with Crippen molar-refractivity contribution in [3.63, 3.8) is 0 Å². The Morgan fingerprint density at radius 1 is 1.00 bits per heavy atom. The van der Waals surface area contributed by atoms with Gasteiger partial charge in [0.1, 0.15) is 5.75 Å². The van der Waals surface area contributed by atoms with Gasteiger partial charge in [-0.3, -0.25) is 28.9 Å². The molecule has 0 aliphatic heterocycles. The predicted octanol–water partition coefficient (Wildman–Crippen LogP) is 2.19. The highest BCUT2D eigenvalue weighted by Crippen LogP contribution is 2.52. The van der Waals surface area contributed by atoms with E-state index in [1.165, 1.54) is 11.0 Å². The highest BCUT2D eigenvalue weighted by molar-refractivity contribution is 6.32. The van der Waals surface area contributed by atoms with Gasteiger partial charge in [-0.05, 0) is 71.9 Å². The fourth-order valence-electron chi connectivity index (χ4n) is 7.92. The van der Waals surface area contributed by atoms with Crippen molar-refractivity contribution in [2.75, 3.05) is 14.1 Å². The minimum absolute atomic E-state index is 0.000448. The van der Waals surface area contributed by atoms with Crippen LogP contribution in [0, 0.1) is 23.7 Å². The molecule has 0 spiro atoms. The summed E-state index contributed by atoms with van der Waals surface area (Å²) in [4.78, 5) is 68.9. The Morgan fingerprint density at radius 3 is 2.31 bits per heavy atom. The van der Waals surface area contributed by atoms with Crippen molar-refractivity contribution in [1.82, 2.24) is 10.2 Å². The van der Waals surface area contributed by atoms with Gasteiger partial charge in [-0.25, -0.2) is 0 Å². The topological polar surface area (TPSA) is 167 Å². The molecule has 0 saturated heterocycles. The first-order chi connectivity index (χ1) is 21.3. The zero-order valence-electron chi connectivity index (χ0n) is 25.7. The number of aliphatic hydroxyl groups is 1. The van der Waals surface area contributed by atoms with Crippen molar-refractivity contribution in [3.8, 4) is 16.9 Å². The summed E-state index contributed by atoms with van der Waals surface area (Å²) in [6.45, 7) is 4.83. The van der Waals surface area contributed by atoms with Gasteiger partial charge in [0.15, 0.2) is 34.7 Å². The molecule has 3 aliphatic rings. The van der Waals surface area contributed by atoms with Gasteiger partial charge >= 0.3 is 0 Å². The van der Waals surface area contributed by atoms with Crippen LogP contribution in [0.1, 0.15) is 41.8 Å². The molecule has 10 nitrogen and oxygen atoms in total. The molecular weight excluding hydrogens is 574 g/mol. The van der Waals surface area contributed by atoms with E-state index in [9.17, 15) is 34.2 Å². The number of rotatable bonds is 6. The van der Waals surface area contributed by atoms with Crippen LogP contribution in [-0.4, -0.2) is 75.9 Å². The summed E-state index contributed by atoms with van der Waals surface area (Å²) >= 11 is 0. The van der Waals surface area contributed by atoms with Crippen LogP contribution in [0.3, 0.4) is 0 Å². The maximum absolute atomic E-state index is 14.2. The largest absolute Gasteiger partial charge is 0.507 e. The van der Waals surface area contributed by atoms with E-state index < -0.39 is 64.4 Å². The first kappa shape index (κ1) is 30.8. The van der Waals surface area contributed by atoms with Gasteiger partial charge in [-0.1, -0.05) is 56.3 Å². The Bertz CT molecular complexity index is 1800. The number of carbonyl (C=O) groups is 5. The van der Waals surface area contributed by atoms with Crippen LogP contribution in [0.2, 0.25) is 0 Å². The number of benzene rings is 3. The van der Waals surface area contributed by atoms with E-state index in [1.807, 2.05) is 36.4 Å². The molecule has 0 heterocycles. The number of phenolic OH excluding ortho intramolecular Hbond substituents is 1. The van der Waals surface area contributed by atoms with Crippen LogP contribution in [0.5, 0.6) is 5.75 Å². The van der Waals surface area contributed by atoms with Gasteiger partial charge in [0.05, 0.1) is 17.5 Å². The predicted molar refractivity (Wildman–Crippen MR) is 166 cm³/mol. The number of amides is 1. The second kappa shape index (κ2) is 11.0. The molecule has 10 heteroatoms. The number of Topliss-reactive ketones (excluding diaryl/α,β-unsaturated/α-hetero) is 4. The molecule has 0 bridgehead atoms. The molecule has 3 aromatic rings. The summed E-state index contributed by atoms with van der Waals surface area (Å²) in [5.41, 5.74) is 5.91. The van der Waals surface area contributed by atoms with Crippen LogP contribution in [0.4, 0.5) is 0 Å². The smallest absolute Gasteiger partial charge is 0.235 e. The number of nitrogens with one attached hydrogen (secondary N) is 1. The molecule has 0 radical (unpaired) electrons. The third-order valence-electron chi connectivity index (χ3n) is 9.95. The van der Waals surface area contributed by atoms with Gasteiger partial charge < -0.3 is 21.3 Å². The molecule has 6 rings (SSSR count). The number of nitrogens with zero attached hydrogens (tertiary/aromatic N) is 1. The average molecular weight is 612 g/mol. The molecule has 5 N–H and O–H groups in total. The Morgan fingerprint density at radius 2 is 1.67 bits per heavy atom. The normalized spacial score (nSPS) is 27.9. The average Bonchev–Trinajstić information content (AvgIpc) is 2.97. The third kappa shape index (κ3) is 4.54. The molecule has 6 atom stereocenters. The maximum atomic E-state index is 14.2. The fraction of sp³-hybridized carbons (Fsp3) is 0.400. The summed E-state index contributed by atoms with van der Waals surface area (Å²) in [6.07, 6.45) is 0.195. The summed E-state index contributed by atoms with van der Waals surface area (Å²) < 4.78 is 0. The number of nitrogens with two attached hydrogens (primary N) is 1. The van der Waals surface area contributed by atoms with Crippen molar-refractivity contribution in [1.29, 1.82) is 0 Å². The number of likely N-dealkylation sites (N-methyl/N-ethyl adjacent to an activating group) is 1. The quantitative estimate of drug-likeness (QED) is 0.306. The van der Waals surface area contributed by atoms with Crippen molar-refractivity contribution in [3.05, 3.63) is 65.2 Å². The summed E-state index contributed by atoms with van der Waals surface area (Å²) in [5.74, 6) is -10.6. The monoisotopic (exact) mass is 611 g/mol. The van der Waals surface area contributed by atoms with Crippen LogP contribution < -0.4 is 11.1 Å². The third-order valence-corrected chi connectivity index (χ3v) is 9.95. The van der Waals surface area contributed by atoms with Gasteiger partial charge in [-0.15, -0.1) is 0 Å². The summed E-state index contributed by atoms with van der Waals surface area (Å²) in [5, 5.41) is 28.3. The lowest BCUT2D eigenvalue weighted by Gasteiger charge is -2.52. The standard InChI is InChI=1S/C35H37N3O7/c1-16(2)37-15-17-9-10-21(20-8-6-5-7-19(17)20)22-11-12-25(39)27-23(22)13-18-14-24-29(38(3)4)31(41)28(34(36)44)33(43)35(24,45)32(42)26(18)30(27)40/h5-12,16,18,24,26,28-29,37,39,45H,13-15H2,1-4H3,(H2,36,44). The Kier molecular flexibility index (Phi) is 7.50. The number of aromatic hydroxyl groups is 1. The first-order valence-corrected chi connectivity index (χ1v) is 15.2. The molecule has 3 aliphatic carbocycles. The zero-order chi connectivity index (χ0) is 32.5. The number of hydrogen-bond donors (Lipinski definition) is 4. The lowest BCUT2D eigenvalue weighted by molar-refractivity contribution is -0.181. The van der Waals surface area contributed by atoms with Crippen LogP contribution in [0.25, 0.3) is 21.9 Å². The molecule has 3 aromatic carbocycles.